The lowest BCUT2D eigenvalue weighted by atomic mass is 10.2. The molecule has 0 aromatic heterocycles. The summed E-state index contributed by atoms with van der Waals surface area (Å²) in [5.41, 5.74) is 1.88. The molecule has 3 N–H and O–H groups in total. The number of phenolic OH excluding ortho intramolecular Hbond substituents is 2. The minimum atomic E-state index is 0.270. The zero-order valence-electron chi connectivity index (χ0n) is 9.43. The molecule has 3 heteroatoms. The summed E-state index contributed by atoms with van der Waals surface area (Å²) in [5.74, 6) is 0.572. The van der Waals surface area contributed by atoms with Crippen molar-refractivity contribution in [2.75, 3.05) is 0 Å². The summed E-state index contributed by atoms with van der Waals surface area (Å²) in [7, 11) is 0. The Labute approximate surface area is 100 Å². The van der Waals surface area contributed by atoms with E-state index in [1.54, 1.807) is 24.3 Å². The highest BCUT2D eigenvalue weighted by Gasteiger charge is 1.99. The third-order valence-electron chi connectivity index (χ3n) is 2.55. The van der Waals surface area contributed by atoms with Crippen molar-refractivity contribution in [3.63, 3.8) is 0 Å². The maximum atomic E-state index is 9.57. The average Bonchev–Trinajstić information content (AvgIpc) is 2.32. The van der Waals surface area contributed by atoms with Gasteiger partial charge in [-0.05, 0) is 23.8 Å². The maximum Gasteiger partial charge on any atom is 0.120 e. The molecular formula is C14H15NO2. The number of hydrogen-bond acceptors (Lipinski definition) is 3. The van der Waals surface area contributed by atoms with Crippen molar-refractivity contribution in [2.24, 2.45) is 0 Å². The quantitative estimate of drug-likeness (QED) is 0.754. The van der Waals surface area contributed by atoms with Crippen LogP contribution >= 0.6 is 0 Å². The fourth-order valence-electron chi connectivity index (χ4n) is 1.67. The standard InChI is InChI=1S/C14H15NO2/c16-13-6-3-4-11(8-13)9-15-10-12-5-1-2-7-14(12)17/h1-8,15-17H,9-10H2. The van der Waals surface area contributed by atoms with Crippen molar-refractivity contribution in [3.8, 4) is 11.5 Å². The van der Waals surface area contributed by atoms with Gasteiger partial charge in [0.25, 0.3) is 0 Å². The third kappa shape index (κ3) is 3.23. The van der Waals surface area contributed by atoms with Crippen LogP contribution < -0.4 is 5.32 Å². The van der Waals surface area contributed by atoms with Gasteiger partial charge in [0, 0.05) is 18.7 Å². The molecule has 0 aliphatic heterocycles. The SMILES string of the molecule is Oc1cccc(CNCc2ccccc2O)c1. The third-order valence-corrected chi connectivity index (χ3v) is 2.55. The van der Waals surface area contributed by atoms with Gasteiger partial charge in [0.05, 0.1) is 0 Å². The Bertz CT molecular complexity index is 497. The van der Waals surface area contributed by atoms with E-state index in [4.69, 9.17) is 0 Å². The van der Waals surface area contributed by atoms with Gasteiger partial charge in [-0.25, -0.2) is 0 Å². The van der Waals surface area contributed by atoms with Crippen LogP contribution in [0.15, 0.2) is 48.5 Å². The first-order valence-corrected chi connectivity index (χ1v) is 5.51. The Morgan fingerprint density at radius 3 is 2.47 bits per heavy atom. The second-order valence-electron chi connectivity index (χ2n) is 3.90. The van der Waals surface area contributed by atoms with E-state index in [1.165, 1.54) is 0 Å². The first-order valence-electron chi connectivity index (χ1n) is 5.51. The fourth-order valence-corrected chi connectivity index (χ4v) is 1.67. The second kappa shape index (κ2) is 5.37. The molecule has 0 unspecified atom stereocenters. The smallest absolute Gasteiger partial charge is 0.120 e. The van der Waals surface area contributed by atoms with Crippen LogP contribution in [0.2, 0.25) is 0 Å². The van der Waals surface area contributed by atoms with Crippen LogP contribution in [0.1, 0.15) is 11.1 Å². The van der Waals surface area contributed by atoms with E-state index >= 15 is 0 Å². The van der Waals surface area contributed by atoms with Gasteiger partial charge in [0.15, 0.2) is 0 Å². The topological polar surface area (TPSA) is 52.5 Å². The monoisotopic (exact) mass is 229 g/mol. The number of rotatable bonds is 4. The lowest BCUT2D eigenvalue weighted by molar-refractivity contribution is 0.463. The summed E-state index contributed by atoms with van der Waals surface area (Å²) in [6, 6.07) is 14.4. The van der Waals surface area contributed by atoms with Crippen LogP contribution in [0.25, 0.3) is 0 Å². The van der Waals surface area contributed by atoms with Crippen molar-refractivity contribution >= 4 is 0 Å². The number of nitrogens with one attached hydrogen (secondary N) is 1. The zero-order valence-corrected chi connectivity index (χ0v) is 9.43. The van der Waals surface area contributed by atoms with Gasteiger partial charge in [0.2, 0.25) is 0 Å². The van der Waals surface area contributed by atoms with E-state index in [0.29, 0.717) is 18.8 Å². The van der Waals surface area contributed by atoms with Crippen molar-refractivity contribution in [3.05, 3.63) is 59.7 Å². The summed E-state index contributed by atoms with van der Waals surface area (Å²) in [5, 5.41) is 22.1. The Kier molecular flexibility index (Phi) is 3.62. The molecule has 0 bridgehead atoms. The highest BCUT2D eigenvalue weighted by atomic mass is 16.3. The van der Waals surface area contributed by atoms with E-state index < -0.39 is 0 Å². The molecule has 0 fully saturated rings. The Morgan fingerprint density at radius 2 is 1.71 bits per heavy atom. The molecule has 0 saturated carbocycles. The van der Waals surface area contributed by atoms with Gasteiger partial charge in [0.1, 0.15) is 11.5 Å². The van der Waals surface area contributed by atoms with E-state index in [2.05, 4.69) is 5.32 Å². The highest BCUT2D eigenvalue weighted by Crippen LogP contribution is 2.15. The van der Waals surface area contributed by atoms with Crippen LogP contribution in [0.5, 0.6) is 11.5 Å². The molecule has 0 aliphatic rings. The largest absolute Gasteiger partial charge is 0.508 e. The van der Waals surface area contributed by atoms with Gasteiger partial charge in [-0.3, -0.25) is 0 Å². The minimum Gasteiger partial charge on any atom is -0.508 e. The molecule has 0 heterocycles. The van der Waals surface area contributed by atoms with Gasteiger partial charge in [-0.15, -0.1) is 0 Å². The summed E-state index contributed by atoms with van der Waals surface area (Å²) < 4.78 is 0. The maximum absolute atomic E-state index is 9.57. The summed E-state index contributed by atoms with van der Waals surface area (Å²) in [6.45, 7) is 1.26. The van der Waals surface area contributed by atoms with E-state index in [-0.39, 0.29) is 5.75 Å². The lowest BCUT2D eigenvalue weighted by Crippen LogP contribution is -2.12. The normalized spacial score (nSPS) is 10.4. The van der Waals surface area contributed by atoms with E-state index in [1.807, 2.05) is 24.3 Å². The summed E-state index contributed by atoms with van der Waals surface area (Å²) >= 11 is 0. The Balaban J connectivity index is 1.90. The molecule has 0 amide bonds. The average molecular weight is 229 g/mol. The van der Waals surface area contributed by atoms with Gasteiger partial charge in [-0.1, -0.05) is 30.3 Å². The Morgan fingerprint density at radius 1 is 0.882 bits per heavy atom. The minimum absolute atomic E-state index is 0.270. The Hall–Kier alpha value is -2.00. The number of aromatic hydroxyl groups is 2. The summed E-state index contributed by atoms with van der Waals surface area (Å²) in [4.78, 5) is 0. The molecule has 0 atom stereocenters. The number of phenols is 2. The first kappa shape index (κ1) is 11.5. The lowest BCUT2D eigenvalue weighted by Gasteiger charge is -2.07. The second-order valence-corrected chi connectivity index (χ2v) is 3.90. The number of para-hydroxylation sites is 1. The molecule has 17 heavy (non-hydrogen) atoms. The molecular weight excluding hydrogens is 214 g/mol. The van der Waals surface area contributed by atoms with Crippen LogP contribution in [0.4, 0.5) is 0 Å². The molecule has 2 aromatic carbocycles. The van der Waals surface area contributed by atoms with Gasteiger partial charge >= 0.3 is 0 Å². The predicted molar refractivity (Wildman–Crippen MR) is 66.8 cm³/mol. The zero-order chi connectivity index (χ0) is 12.1. The molecule has 2 rings (SSSR count). The summed E-state index contributed by atoms with van der Waals surface area (Å²) in [6.07, 6.45) is 0. The predicted octanol–water partition coefficient (Wildman–Crippen LogP) is 2.39. The van der Waals surface area contributed by atoms with Crippen molar-refractivity contribution < 1.29 is 10.2 Å². The molecule has 0 aliphatic carbocycles. The van der Waals surface area contributed by atoms with E-state index in [0.717, 1.165) is 11.1 Å². The first-order chi connectivity index (χ1) is 8.25. The van der Waals surface area contributed by atoms with Crippen molar-refractivity contribution in [1.82, 2.24) is 5.32 Å². The molecule has 2 aromatic rings. The number of hydrogen-bond donors (Lipinski definition) is 3. The van der Waals surface area contributed by atoms with Crippen LogP contribution in [-0.4, -0.2) is 10.2 Å². The van der Waals surface area contributed by atoms with Crippen LogP contribution in [0.3, 0.4) is 0 Å². The molecule has 3 nitrogen and oxygen atoms in total. The van der Waals surface area contributed by atoms with Gasteiger partial charge in [-0.2, -0.15) is 0 Å². The fraction of sp³-hybridized carbons (Fsp3) is 0.143. The van der Waals surface area contributed by atoms with Crippen LogP contribution in [-0.2, 0) is 13.1 Å². The van der Waals surface area contributed by atoms with E-state index in [9.17, 15) is 10.2 Å². The van der Waals surface area contributed by atoms with Crippen LogP contribution in [0, 0.1) is 0 Å². The molecule has 0 saturated heterocycles. The van der Waals surface area contributed by atoms with Gasteiger partial charge < -0.3 is 15.5 Å². The molecule has 88 valence electrons. The van der Waals surface area contributed by atoms with Crippen molar-refractivity contribution in [1.29, 1.82) is 0 Å². The number of benzene rings is 2. The van der Waals surface area contributed by atoms with Crippen molar-refractivity contribution in [2.45, 2.75) is 13.1 Å². The molecule has 0 spiro atoms. The highest BCUT2D eigenvalue weighted by molar-refractivity contribution is 5.32. The molecule has 0 radical (unpaired) electrons.